The molecule has 10 nitrogen and oxygen atoms in total. The van der Waals surface area contributed by atoms with Gasteiger partial charge in [0.2, 0.25) is 5.75 Å². The van der Waals surface area contributed by atoms with Crippen LogP contribution < -0.4 is 9.74 Å². The van der Waals surface area contributed by atoms with E-state index in [2.05, 4.69) is 4.98 Å². The number of hydrogen-bond acceptors (Lipinski definition) is 8. The van der Waals surface area contributed by atoms with Gasteiger partial charge in [-0.25, -0.2) is 14.6 Å². The standard InChI is InChI=1S/C18H26N4O6S/c1-5-26-15(24)12-13(28-29-4)14(23)22-10-11-27-18(16(22)19-12)6-8-21(9-7-18)17(25)20(2)3/h5-11H2,1-4H3. The van der Waals surface area contributed by atoms with Crippen molar-refractivity contribution in [3.05, 3.63) is 21.9 Å². The molecule has 0 aliphatic carbocycles. The second-order valence-electron chi connectivity index (χ2n) is 7.05. The van der Waals surface area contributed by atoms with Gasteiger partial charge >= 0.3 is 12.0 Å². The topological polar surface area (TPSA) is 103 Å². The summed E-state index contributed by atoms with van der Waals surface area (Å²) in [6.07, 6.45) is 2.61. The van der Waals surface area contributed by atoms with E-state index in [0.717, 1.165) is 12.0 Å². The van der Waals surface area contributed by atoms with Gasteiger partial charge in [0.1, 0.15) is 11.4 Å². The third-order valence-corrected chi connectivity index (χ3v) is 5.42. The van der Waals surface area contributed by atoms with Gasteiger partial charge in [-0.3, -0.25) is 9.36 Å². The number of carbonyl (C=O) groups excluding carboxylic acids is 2. The van der Waals surface area contributed by atoms with Crippen LogP contribution in [0.25, 0.3) is 0 Å². The van der Waals surface area contributed by atoms with Crippen molar-refractivity contribution in [2.45, 2.75) is 31.9 Å². The highest BCUT2D eigenvalue weighted by Crippen LogP contribution is 2.38. The summed E-state index contributed by atoms with van der Waals surface area (Å²) in [5, 5.41) is 0. The number of nitrogens with zero attached hydrogens (tertiary/aromatic N) is 4. The lowest BCUT2D eigenvalue weighted by molar-refractivity contribution is -0.113. The normalized spacial score (nSPS) is 17.6. The summed E-state index contributed by atoms with van der Waals surface area (Å²) in [7, 11) is 3.41. The smallest absolute Gasteiger partial charge is 0.361 e. The van der Waals surface area contributed by atoms with Gasteiger partial charge in [0.25, 0.3) is 5.56 Å². The van der Waals surface area contributed by atoms with E-state index in [1.165, 1.54) is 9.47 Å². The quantitative estimate of drug-likeness (QED) is 0.521. The van der Waals surface area contributed by atoms with Crippen LogP contribution in [0.3, 0.4) is 0 Å². The fraction of sp³-hybridized carbons (Fsp3) is 0.667. The van der Waals surface area contributed by atoms with E-state index < -0.39 is 17.1 Å². The predicted octanol–water partition coefficient (Wildman–Crippen LogP) is 1.08. The molecular formula is C18H26N4O6S. The maximum Gasteiger partial charge on any atom is 0.361 e. The van der Waals surface area contributed by atoms with Crippen LogP contribution in [-0.4, -0.2) is 78.0 Å². The molecule has 1 fully saturated rings. The summed E-state index contributed by atoms with van der Waals surface area (Å²) in [5.74, 6) is -0.447. The van der Waals surface area contributed by atoms with Gasteiger partial charge in [-0.15, -0.1) is 0 Å². The molecule has 1 aromatic heterocycles. The van der Waals surface area contributed by atoms with Gasteiger partial charge in [-0.1, -0.05) is 0 Å². The Hall–Kier alpha value is -2.27. The van der Waals surface area contributed by atoms with Crippen LogP contribution >= 0.6 is 12.0 Å². The van der Waals surface area contributed by atoms with Gasteiger partial charge in [0.05, 0.1) is 31.8 Å². The molecule has 2 amide bonds. The highest BCUT2D eigenvalue weighted by molar-refractivity contribution is 7.94. The molecule has 0 saturated carbocycles. The van der Waals surface area contributed by atoms with E-state index in [9.17, 15) is 14.4 Å². The minimum atomic E-state index is -0.834. The van der Waals surface area contributed by atoms with E-state index in [0.29, 0.717) is 44.9 Å². The van der Waals surface area contributed by atoms with Crippen molar-refractivity contribution >= 4 is 24.0 Å². The molecule has 0 aromatic carbocycles. The Balaban J connectivity index is 2.02. The largest absolute Gasteiger partial charge is 0.461 e. The zero-order valence-corrected chi connectivity index (χ0v) is 17.9. The molecule has 0 bridgehead atoms. The molecule has 2 aliphatic rings. The Labute approximate surface area is 173 Å². The molecule has 0 unspecified atom stereocenters. The zero-order chi connectivity index (χ0) is 21.2. The number of esters is 1. The number of carbonyl (C=O) groups is 2. The summed E-state index contributed by atoms with van der Waals surface area (Å²) in [6.45, 7) is 3.42. The highest BCUT2D eigenvalue weighted by atomic mass is 32.2. The molecule has 1 spiro atoms. The maximum absolute atomic E-state index is 13.1. The molecule has 0 N–H and O–H groups in total. The van der Waals surface area contributed by atoms with Crippen LogP contribution in [0.1, 0.15) is 36.1 Å². The van der Waals surface area contributed by atoms with Crippen molar-refractivity contribution < 1.29 is 23.2 Å². The fourth-order valence-corrected chi connectivity index (χ4v) is 4.01. The Morgan fingerprint density at radius 2 is 1.97 bits per heavy atom. The van der Waals surface area contributed by atoms with Crippen molar-refractivity contribution in [3.63, 3.8) is 0 Å². The molecule has 3 heterocycles. The van der Waals surface area contributed by atoms with Crippen LogP contribution in [0.4, 0.5) is 4.79 Å². The summed E-state index contributed by atoms with van der Waals surface area (Å²) >= 11 is 0.961. The molecule has 11 heteroatoms. The molecule has 0 radical (unpaired) electrons. The fourth-order valence-electron chi connectivity index (χ4n) is 3.70. The number of piperidine rings is 1. The van der Waals surface area contributed by atoms with Crippen molar-refractivity contribution in [2.75, 3.05) is 46.7 Å². The average molecular weight is 426 g/mol. The van der Waals surface area contributed by atoms with Crippen LogP contribution in [0.2, 0.25) is 0 Å². The van der Waals surface area contributed by atoms with E-state index in [1.807, 2.05) is 0 Å². The van der Waals surface area contributed by atoms with Crippen LogP contribution in [0.5, 0.6) is 5.75 Å². The first-order valence-corrected chi connectivity index (χ1v) is 10.6. The van der Waals surface area contributed by atoms with Crippen LogP contribution in [0.15, 0.2) is 4.79 Å². The minimum Gasteiger partial charge on any atom is -0.461 e. The summed E-state index contributed by atoms with van der Waals surface area (Å²) < 4.78 is 18.1. The lowest BCUT2D eigenvalue weighted by Gasteiger charge is -2.44. The van der Waals surface area contributed by atoms with Gasteiger partial charge in [0.15, 0.2) is 5.69 Å². The molecule has 1 saturated heterocycles. The third kappa shape index (κ3) is 3.93. The molecule has 29 heavy (non-hydrogen) atoms. The van der Waals surface area contributed by atoms with E-state index in [4.69, 9.17) is 13.7 Å². The van der Waals surface area contributed by atoms with Gasteiger partial charge in [-0.05, 0) is 6.92 Å². The van der Waals surface area contributed by atoms with E-state index >= 15 is 0 Å². The van der Waals surface area contributed by atoms with Crippen LogP contribution in [0, 0.1) is 0 Å². The Morgan fingerprint density at radius 1 is 1.28 bits per heavy atom. The number of fused-ring (bicyclic) bond motifs is 2. The van der Waals surface area contributed by atoms with Gasteiger partial charge < -0.3 is 23.5 Å². The summed E-state index contributed by atoms with van der Waals surface area (Å²) in [4.78, 5) is 45.5. The molecule has 160 valence electrons. The second kappa shape index (κ2) is 8.62. The number of ether oxygens (including phenoxy) is 2. The molecule has 2 aliphatic heterocycles. The first-order chi connectivity index (χ1) is 13.8. The summed E-state index contributed by atoms with van der Waals surface area (Å²) in [6, 6.07) is -0.0723. The van der Waals surface area contributed by atoms with E-state index in [-0.39, 0.29) is 24.1 Å². The van der Waals surface area contributed by atoms with Crippen molar-refractivity contribution in [1.29, 1.82) is 0 Å². The van der Waals surface area contributed by atoms with Crippen molar-refractivity contribution in [1.82, 2.24) is 19.4 Å². The average Bonchev–Trinajstić information content (AvgIpc) is 2.70. The summed E-state index contributed by atoms with van der Waals surface area (Å²) in [5.41, 5.74) is -1.41. The number of hydrogen-bond donors (Lipinski definition) is 0. The second-order valence-corrected chi connectivity index (χ2v) is 7.55. The van der Waals surface area contributed by atoms with Crippen molar-refractivity contribution in [2.24, 2.45) is 0 Å². The SMILES string of the molecule is CCOC(=O)c1nc2n(c(=O)c1OSC)CCOC21CCN(C(=O)N(C)C)CC1. The number of likely N-dealkylation sites (tertiary alicyclic amines) is 1. The van der Waals surface area contributed by atoms with Crippen LogP contribution in [-0.2, 0) is 21.6 Å². The lowest BCUT2D eigenvalue weighted by Crippen LogP contribution is -2.53. The minimum absolute atomic E-state index is 0.0723. The zero-order valence-electron chi connectivity index (χ0n) is 17.1. The monoisotopic (exact) mass is 426 g/mol. The number of aromatic nitrogens is 2. The third-order valence-electron chi connectivity index (χ3n) is 5.09. The predicted molar refractivity (Wildman–Crippen MR) is 106 cm³/mol. The number of amides is 2. The highest BCUT2D eigenvalue weighted by Gasteiger charge is 2.45. The number of rotatable bonds is 4. The molecule has 0 atom stereocenters. The molecule has 1 aromatic rings. The first kappa shape index (κ1) is 21.4. The first-order valence-electron chi connectivity index (χ1n) is 9.48. The van der Waals surface area contributed by atoms with E-state index in [1.54, 1.807) is 32.2 Å². The van der Waals surface area contributed by atoms with Gasteiger partial charge in [-0.2, -0.15) is 0 Å². The molecule has 3 rings (SSSR count). The molecular weight excluding hydrogens is 400 g/mol. The van der Waals surface area contributed by atoms with Gasteiger partial charge in [0, 0.05) is 46.3 Å². The Morgan fingerprint density at radius 3 is 2.55 bits per heavy atom. The Kier molecular flexibility index (Phi) is 6.37. The van der Waals surface area contributed by atoms with Crippen molar-refractivity contribution in [3.8, 4) is 5.75 Å². The number of urea groups is 1. The Bertz CT molecular complexity index is 847. The maximum atomic E-state index is 13.1. The lowest BCUT2D eigenvalue weighted by atomic mass is 9.88.